The lowest BCUT2D eigenvalue weighted by molar-refractivity contribution is -0.307. The number of benzene rings is 1. The molecule has 10 heterocycles. The Labute approximate surface area is 412 Å². The van der Waals surface area contributed by atoms with Gasteiger partial charge in [0, 0.05) is 25.7 Å². The molecule has 11 rings (SSSR count). The molecule has 14 heteroatoms. The van der Waals surface area contributed by atoms with Gasteiger partial charge in [0.1, 0.15) is 37.1 Å². The van der Waals surface area contributed by atoms with Crippen molar-refractivity contribution in [1.29, 1.82) is 0 Å². The van der Waals surface area contributed by atoms with Crippen LogP contribution >= 0.6 is 0 Å². The average molecular weight is 971 g/mol. The van der Waals surface area contributed by atoms with E-state index in [0.29, 0.717) is 62.8 Å². The van der Waals surface area contributed by atoms with Crippen molar-refractivity contribution >= 4 is 11.9 Å². The van der Waals surface area contributed by atoms with E-state index in [-0.39, 0.29) is 123 Å². The smallest absolute Gasteiger partial charge is 0.338 e. The average Bonchev–Trinajstić information content (AvgIpc) is 3.62. The van der Waals surface area contributed by atoms with E-state index in [1.165, 1.54) is 0 Å². The molecule has 7 saturated heterocycles. The first-order chi connectivity index (χ1) is 33.8. The second kappa shape index (κ2) is 20.2. The van der Waals surface area contributed by atoms with Crippen LogP contribution in [0.15, 0.2) is 78.9 Å². The lowest BCUT2D eigenvalue weighted by Crippen LogP contribution is -2.64. The maximum atomic E-state index is 12.5. The molecule has 14 nitrogen and oxygen atoms in total. The van der Waals surface area contributed by atoms with Crippen LogP contribution in [0.3, 0.4) is 0 Å². The fourth-order valence-corrected chi connectivity index (χ4v) is 13.6. The summed E-state index contributed by atoms with van der Waals surface area (Å²) in [5, 5.41) is 11.5. The Kier molecular flexibility index (Phi) is 14.1. The highest BCUT2D eigenvalue weighted by molar-refractivity contribution is 5.89. The van der Waals surface area contributed by atoms with Crippen LogP contribution in [0.1, 0.15) is 122 Å². The van der Waals surface area contributed by atoms with Gasteiger partial charge in [-0.15, -0.1) is 0 Å². The Morgan fingerprint density at radius 2 is 1.40 bits per heavy atom. The van der Waals surface area contributed by atoms with E-state index in [0.717, 1.165) is 31.3 Å². The van der Waals surface area contributed by atoms with Crippen molar-refractivity contribution in [1.82, 2.24) is 0 Å². The second-order valence-corrected chi connectivity index (χ2v) is 22.8. The fraction of sp³-hybridized carbons (Fsp3) is 0.714. The van der Waals surface area contributed by atoms with Gasteiger partial charge in [-0.05, 0) is 94.8 Å². The van der Waals surface area contributed by atoms with E-state index < -0.39 is 29.4 Å². The lowest BCUT2D eigenvalue weighted by atomic mass is 9.78. The van der Waals surface area contributed by atoms with Crippen LogP contribution < -0.4 is 0 Å². The first-order valence-corrected chi connectivity index (χ1v) is 26.4. The largest absolute Gasteiger partial charge is 0.459 e. The molecule has 9 unspecified atom stereocenters. The molecular formula is C56H74O14. The molecule has 7 fully saturated rings. The summed E-state index contributed by atoms with van der Waals surface area (Å²) in [7, 11) is 0. The van der Waals surface area contributed by atoms with Gasteiger partial charge in [-0.25, -0.2) is 4.79 Å². The Morgan fingerprint density at radius 1 is 0.671 bits per heavy atom. The molecule has 0 bridgehead atoms. The van der Waals surface area contributed by atoms with Gasteiger partial charge >= 0.3 is 11.9 Å². The normalized spacial score (nSPS) is 49.1. The van der Waals surface area contributed by atoms with E-state index >= 15 is 0 Å². The van der Waals surface area contributed by atoms with Crippen molar-refractivity contribution in [2.24, 2.45) is 11.8 Å². The summed E-state index contributed by atoms with van der Waals surface area (Å²) in [5.74, 6) is -0.0977. The summed E-state index contributed by atoms with van der Waals surface area (Å²) in [4.78, 5) is 24.9. The van der Waals surface area contributed by atoms with Crippen LogP contribution in [-0.2, 0) is 56.9 Å². The third kappa shape index (κ3) is 10.2. The van der Waals surface area contributed by atoms with E-state index in [2.05, 4.69) is 70.7 Å². The third-order valence-electron chi connectivity index (χ3n) is 17.1. The monoisotopic (exact) mass is 971 g/mol. The molecule has 0 saturated carbocycles. The van der Waals surface area contributed by atoms with Crippen molar-refractivity contribution in [2.75, 3.05) is 6.61 Å². The van der Waals surface area contributed by atoms with Gasteiger partial charge in [0.15, 0.2) is 0 Å². The molecular weight excluding hydrogens is 897 g/mol. The molecule has 382 valence electrons. The minimum Gasteiger partial charge on any atom is -0.459 e. The molecule has 70 heavy (non-hydrogen) atoms. The predicted molar refractivity (Wildman–Crippen MR) is 255 cm³/mol. The van der Waals surface area contributed by atoms with Gasteiger partial charge in [0.2, 0.25) is 0 Å². The molecule has 10 aliphatic heterocycles. The maximum absolute atomic E-state index is 12.5. The van der Waals surface area contributed by atoms with Crippen LogP contribution in [-0.4, -0.2) is 145 Å². The minimum absolute atomic E-state index is 0.0800. The van der Waals surface area contributed by atoms with Crippen LogP contribution in [0.25, 0.3) is 0 Å². The standard InChI is InChI=1S/C56H74O14/c1-31-22-42-45(27-51(58)66-42)65-50-26-44-46(70-55(50,4)28-31)23-33(3)52-41(63-44)16-10-9-15-37-38(67-52)17-11-19-40-39(62-37)18-12-20-49-56(5,69-40)29-48-43(64-49)25-47-53(68-48)36(57)24-35(61-47)21-32(2)30-60-54(59)34-13-7-6-8-14-34/h6-14,19-20,31,33,35-50,52-53,57H,2,15-18,21-30H2,1,3-5H3/b10-9-,19-11-,20-12-/t31-,33+,35-,36+,37?,38+,39?,40-,41?,42+,43?,44?,45?,46+,47?,48-,49?,50?,52-,53+,55-,56+/m1/s1. The molecule has 1 N–H and O–H groups in total. The van der Waals surface area contributed by atoms with E-state index in [1.807, 2.05) is 6.07 Å². The molecule has 22 atom stereocenters. The van der Waals surface area contributed by atoms with Gasteiger partial charge in [-0.2, -0.15) is 0 Å². The highest BCUT2D eigenvalue weighted by Crippen LogP contribution is 2.48. The van der Waals surface area contributed by atoms with Gasteiger partial charge < -0.3 is 57.2 Å². The van der Waals surface area contributed by atoms with Crippen LogP contribution in [0, 0.1) is 11.8 Å². The van der Waals surface area contributed by atoms with E-state index in [1.54, 1.807) is 24.3 Å². The number of aliphatic hydroxyl groups is 1. The number of aliphatic hydroxyl groups excluding tert-OH is 1. The molecule has 1 aromatic carbocycles. The summed E-state index contributed by atoms with van der Waals surface area (Å²) in [6.45, 7) is 13.0. The number of fused-ring (bicyclic) bond motifs is 9. The third-order valence-corrected chi connectivity index (χ3v) is 17.1. The van der Waals surface area contributed by atoms with E-state index in [9.17, 15) is 14.7 Å². The van der Waals surface area contributed by atoms with Crippen molar-refractivity contribution in [3.05, 3.63) is 84.5 Å². The Hall–Kier alpha value is -3.28. The van der Waals surface area contributed by atoms with Gasteiger partial charge in [-0.1, -0.05) is 75.1 Å². The van der Waals surface area contributed by atoms with Gasteiger partial charge in [0.05, 0.1) is 103 Å². The number of hydrogen-bond donors (Lipinski definition) is 1. The van der Waals surface area contributed by atoms with Crippen LogP contribution in [0.4, 0.5) is 0 Å². The Bertz CT molecular complexity index is 2140. The fourth-order valence-electron chi connectivity index (χ4n) is 13.6. The molecule has 1 aromatic rings. The highest BCUT2D eigenvalue weighted by atomic mass is 16.6. The first kappa shape index (κ1) is 49.0. The zero-order valence-electron chi connectivity index (χ0n) is 41.3. The summed E-state index contributed by atoms with van der Waals surface area (Å²) >= 11 is 0. The zero-order valence-corrected chi connectivity index (χ0v) is 41.3. The number of esters is 2. The van der Waals surface area contributed by atoms with Gasteiger partial charge in [0.25, 0.3) is 0 Å². The number of ether oxygens (including phenoxy) is 11. The summed E-state index contributed by atoms with van der Waals surface area (Å²) in [6, 6.07) is 8.89. The lowest BCUT2D eigenvalue weighted by Gasteiger charge is -2.54. The number of carbonyl (C=O) groups excluding carboxylic acids is 2. The quantitative estimate of drug-likeness (QED) is 0.230. The Morgan fingerprint density at radius 3 is 2.24 bits per heavy atom. The van der Waals surface area contributed by atoms with Crippen molar-refractivity contribution in [3.8, 4) is 0 Å². The summed E-state index contributed by atoms with van der Waals surface area (Å²) in [5.41, 5.74) is -0.0149. The number of hydrogen-bond acceptors (Lipinski definition) is 14. The van der Waals surface area contributed by atoms with Crippen molar-refractivity contribution in [2.45, 2.75) is 232 Å². The summed E-state index contributed by atoms with van der Waals surface area (Å²) in [6.07, 6.45) is 16.3. The molecule has 0 aromatic heterocycles. The van der Waals surface area contributed by atoms with Crippen LogP contribution in [0.2, 0.25) is 0 Å². The minimum atomic E-state index is -0.734. The Balaban J connectivity index is 0.727. The topological polar surface area (TPSA) is 156 Å². The second-order valence-electron chi connectivity index (χ2n) is 22.8. The van der Waals surface area contributed by atoms with Crippen molar-refractivity contribution < 1.29 is 66.8 Å². The first-order valence-electron chi connectivity index (χ1n) is 26.4. The zero-order chi connectivity index (χ0) is 48.3. The van der Waals surface area contributed by atoms with Gasteiger partial charge in [-0.3, -0.25) is 4.79 Å². The highest BCUT2D eigenvalue weighted by Gasteiger charge is 2.57. The molecule has 0 radical (unpaired) electrons. The van der Waals surface area contributed by atoms with E-state index in [4.69, 9.17) is 52.1 Å². The predicted octanol–water partition coefficient (Wildman–Crippen LogP) is 7.38. The van der Waals surface area contributed by atoms with Crippen molar-refractivity contribution in [3.63, 3.8) is 0 Å². The molecule has 0 spiro atoms. The molecule has 0 aliphatic carbocycles. The number of rotatable bonds is 5. The molecule has 0 amide bonds. The van der Waals surface area contributed by atoms with Crippen LogP contribution in [0.5, 0.6) is 0 Å². The molecule has 10 aliphatic rings. The SMILES string of the molecule is C=C(COC(=O)c1ccccc1)C[C@@H]1C[C@H](O)[C@@H]2O[C@@H]3C[C@]4(C)O[C@@H]5/C=C\C[C@@H]6O[C@H]7C(C/C=C\CC6OC5C/C=C\C4OC3CC2O1)OC1CC2OC3CC(=O)O[C@H]3C[C@@H](C)C[C@@]2(C)O[C@H]1C[C@@H]7C. The number of carbonyl (C=O) groups is 2. The summed E-state index contributed by atoms with van der Waals surface area (Å²) < 4.78 is 73.9. The maximum Gasteiger partial charge on any atom is 0.338 e.